The summed E-state index contributed by atoms with van der Waals surface area (Å²) in [6.45, 7) is 6.03. The Balaban J connectivity index is -0.000000345. The van der Waals surface area contributed by atoms with Gasteiger partial charge >= 0.3 is 0 Å². The number of nitrogens with zero attached hydrogens (tertiary/aromatic N) is 7. The predicted molar refractivity (Wildman–Crippen MR) is 94.3 cm³/mol. The minimum atomic E-state index is 0. The minimum absolute atomic E-state index is 0. The van der Waals surface area contributed by atoms with Crippen molar-refractivity contribution < 1.29 is 40.8 Å². The van der Waals surface area contributed by atoms with Crippen molar-refractivity contribution in [2.24, 2.45) is 0 Å². The monoisotopic (exact) mass is 690 g/mol. The van der Waals surface area contributed by atoms with Crippen LogP contribution in [0.1, 0.15) is 0 Å². The van der Waals surface area contributed by atoms with Gasteiger partial charge in [0.15, 0.2) is 0 Å². The van der Waals surface area contributed by atoms with E-state index in [0.717, 1.165) is 40.0 Å². The van der Waals surface area contributed by atoms with Crippen LogP contribution in [0.4, 0.5) is 0 Å². The Labute approximate surface area is 176 Å². The second-order valence-corrected chi connectivity index (χ2v) is 6.46. The zero-order valence-corrected chi connectivity index (χ0v) is 21.8. The van der Waals surface area contributed by atoms with Crippen LogP contribution in [0.3, 0.4) is 0 Å². The van der Waals surface area contributed by atoms with Crippen molar-refractivity contribution in [1.29, 1.82) is 0 Å². The van der Waals surface area contributed by atoms with Gasteiger partial charge in [0.05, 0.1) is 26.7 Å². The molecular weight excluding hydrogens is 653 g/mol. The van der Waals surface area contributed by atoms with Crippen molar-refractivity contribution >= 4 is 0 Å². The van der Waals surface area contributed by atoms with Gasteiger partial charge in [-0.1, -0.05) is 13.3 Å². The SMILES string of the molecule is CN1CN(C)CN(C)CN(C)C1.C[N-]CN(C)CN(C)C[NH-].[Re].[Re]. The van der Waals surface area contributed by atoms with Crippen molar-refractivity contribution in [2.45, 2.75) is 0 Å². The molecule has 0 aliphatic carbocycles. The minimum Gasteiger partial charge on any atom is -0.665 e. The van der Waals surface area contributed by atoms with Crippen LogP contribution >= 0.6 is 0 Å². The van der Waals surface area contributed by atoms with E-state index in [1.54, 1.807) is 7.05 Å². The van der Waals surface area contributed by atoms with Gasteiger partial charge in [0.1, 0.15) is 0 Å². The number of nitrogens with one attached hydrogen (secondary N) is 1. The molecule has 1 aliphatic rings. The van der Waals surface area contributed by atoms with E-state index in [0.29, 0.717) is 6.67 Å². The van der Waals surface area contributed by atoms with Gasteiger partial charge < -0.3 is 20.9 Å². The molecule has 0 amide bonds. The van der Waals surface area contributed by atoms with Crippen molar-refractivity contribution in [1.82, 2.24) is 29.4 Å². The fourth-order valence-corrected chi connectivity index (χ4v) is 2.58. The quantitative estimate of drug-likeness (QED) is 0.389. The molecular formula is C14H36N8Re2-2. The normalized spacial score (nSPS) is 18.2. The van der Waals surface area contributed by atoms with Gasteiger partial charge in [0.2, 0.25) is 0 Å². The second kappa shape index (κ2) is 17.4. The molecule has 0 saturated carbocycles. The van der Waals surface area contributed by atoms with Crippen LogP contribution in [-0.4, -0.2) is 125 Å². The van der Waals surface area contributed by atoms with Gasteiger partial charge in [-0.05, 0) is 42.3 Å². The Bertz CT molecular complexity index is 235. The van der Waals surface area contributed by atoms with Crippen molar-refractivity contribution in [3.63, 3.8) is 0 Å². The summed E-state index contributed by atoms with van der Waals surface area (Å²) in [6, 6.07) is 0. The summed E-state index contributed by atoms with van der Waals surface area (Å²) < 4.78 is 0. The summed E-state index contributed by atoms with van der Waals surface area (Å²) in [7, 11) is 14.3. The van der Waals surface area contributed by atoms with Gasteiger partial charge in [0, 0.05) is 47.5 Å². The van der Waals surface area contributed by atoms with E-state index in [9.17, 15) is 0 Å². The summed E-state index contributed by atoms with van der Waals surface area (Å²) in [5, 5.41) is 3.96. The first-order valence-electron chi connectivity index (χ1n) is 7.60. The second-order valence-electron chi connectivity index (χ2n) is 6.46. The smallest absolute Gasteiger partial charge is 0.0523 e. The molecule has 0 bridgehead atoms. The average molecular weight is 689 g/mol. The Kier molecular flexibility index (Phi) is 21.6. The Morgan fingerprint density at radius 2 is 1.12 bits per heavy atom. The van der Waals surface area contributed by atoms with Gasteiger partial charge in [-0.3, -0.25) is 19.6 Å². The topological polar surface area (TPSA) is 57.3 Å². The Hall–Kier alpha value is 1.00. The maximum Gasteiger partial charge on any atom is 0.0523 e. The number of hydrogen-bond acceptors (Lipinski definition) is 6. The van der Waals surface area contributed by atoms with E-state index < -0.39 is 0 Å². The summed E-state index contributed by atoms with van der Waals surface area (Å²) in [4.78, 5) is 13.2. The van der Waals surface area contributed by atoms with E-state index in [4.69, 9.17) is 5.73 Å². The molecule has 1 heterocycles. The molecule has 8 nitrogen and oxygen atoms in total. The van der Waals surface area contributed by atoms with E-state index in [-0.39, 0.29) is 40.8 Å². The standard InChI is InChI=1S/C8H20N4.C6H16N4.2Re/c1-9-5-10(2)7-12(4)8-11(3)6-9;1-8-5-10(3)6-9(2)4-7;;/h5-8H2,1-4H3;7H,4-6H2,1-3H3;;/q;-2;;. The Morgan fingerprint density at radius 3 is 1.38 bits per heavy atom. The van der Waals surface area contributed by atoms with Crippen LogP contribution in [0.5, 0.6) is 0 Å². The molecule has 1 aliphatic heterocycles. The molecule has 0 aromatic rings. The van der Waals surface area contributed by atoms with Crippen LogP contribution in [-0.2, 0) is 40.8 Å². The first-order valence-corrected chi connectivity index (χ1v) is 7.60. The first-order chi connectivity index (χ1) is 10.3. The maximum atomic E-state index is 7.00. The molecule has 0 atom stereocenters. The molecule has 0 spiro atoms. The molecule has 0 aromatic heterocycles. The molecule has 10 heteroatoms. The summed E-state index contributed by atoms with van der Waals surface area (Å²) in [5.74, 6) is 0. The number of rotatable bonds is 5. The molecule has 1 fully saturated rings. The van der Waals surface area contributed by atoms with E-state index in [2.05, 4.69) is 58.0 Å². The van der Waals surface area contributed by atoms with Gasteiger partial charge in [-0.25, -0.2) is 0 Å². The first kappa shape index (κ1) is 29.8. The third-order valence-corrected chi connectivity index (χ3v) is 3.07. The molecule has 0 unspecified atom stereocenters. The van der Waals surface area contributed by atoms with Crippen molar-refractivity contribution in [3.8, 4) is 0 Å². The van der Waals surface area contributed by atoms with Gasteiger partial charge in [0.25, 0.3) is 0 Å². The molecule has 2 radical (unpaired) electrons. The fraction of sp³-hybridized carbons (Fsp3) is 1.00. The molecule has 0 aromatic carbocycles. The zero-order chi connectivity index (χ0) is 17.1. The molecule has 24 heavy (non-hydrogen) atoms. The molecule has 1 rings (SSSR count). The van der Waals surface area contributed by atoms with Gasteiger partial charge in [-0.15, -0.1) is 0 Å². The van der Waals surface area contributed by atoms with Crippen LogP contribution in [0.2, 0.25) is 0 Å². The fourth-order valence-electron chi connectivity index (χ4n) is 2.58. The van der Waals surface area contributed by atoms with Crippen LogP contribution in [0, 0.1) is 0 Å². The summed E-state index contributed by atoms with van der Waals surface area (Å²) in [5.41, 5.74) is 7.00. The molecule has 1 N–H and O–H groups in total. The van der Waals surface area contributed by atoms with E-state index in [1.807, 2.05) is 19.0 Å². The van der Waals surface area contributed by atoms with Crippen LogP contribution < -0.4 is 0 Å². The van der Waals surface area contributed by atoms with Crippen molar-refractivity contribution in [2.75, 3.05) is 96.0 Å². The number of hydrogen-bond donors (Lipinski definition) is 0. The summed E-state index contributed by atoms with van der Waals surface area (Å²) >= 11 is 0. The molecule has 1 saturated heterocycles. The summed E-state index contributed by atoms with van der Waals surface area (Å²) in [6.07, 6.45) is 0. The van der Waals surface area contributed by atoms with Gasteiger partial charge in [-0.2, -0.15) is 7.05 Å². The largest absolute Gasteiger partial charge is 0.665 e. The Morgan fingerprint density at radius 1 is 0.792 bits per heavy atom. The zero-order valence-electron chi connectivity index (χ0n) is 16.3. The maximum absolute atomic E-state index is 7.00. The van der Waals surface area contributed by atoms with Crippen LogP contribution in [0.15, 0.2) is 0 Å². The average Bonchev–Trinajstić information content (AvgIpc) is 2.36. The van der Waals surface area contributed by atoms with Crippen LogP contribution in [0.25, 0.3) is 11.1 Å². The molecule has 148 valence electrons. The van der Waals surface area contributed by atoms with E-state index in [1.165, 1.54) is 0 Å². The third-order valence-electron chi connectivity index (χ3n) is 3.07. The van der Waals surface area contributed by atoms with E-state index >= 15 is 0 Å². The van der Waals surface area contributed by atoms with Crippen molar-refractivity contribution in [3.05, 3.63) is 11.1 Å². The third kappa shape index (κ3) is 16.5. The predicted octanol–water partition coefficient (Wildman–Crippen LogP) is 0.330.